The third kappa shape index (κ3) is 3.78. The van der Waals surface area contributed by atoms with Gasteiger partial charge in [-0.05, 0) is 30.7 Å². The number of carbonyl (C=O) groups excluding carboxylic acids is 2. The molecule has 0 bridgehead atoms. The number of carbonyl (C=O) groups is 2. The van der Waals surface area contributed by atoms with Crippen molar-refractivity contribution in [2.45, 2.75) is 6.92 Å². The second-order valence-electron chi connectivity index (χ2n) is 5.21. The molecule has 1 aromatic rings. The smallest absolute Gasteiger partial charge is 0.253 e. The number of hydrogen-bond acceptors (Lipinski definition) is 3. The van der Waals surface area contributed by atoms with Gasteiger partial charge in [0.25, 0.3) is 5.91 Å². The molecule has 1 N–H and O–H groups in total. The first-order chi connectivity index (χ1) is 10.0. The number of benzene rings is 1. The van der Waals surface area contributed by atoms with Gasteiger partial charge in [0.15, 0.2) is 0 Å². The maximum absolute atomic E-state index is 13.2. The quantitative estimate of drug-likeness (QED) is 0.890. The molecule has 1 aliphatic rings. The van der Waals surface area contributed by atoms with E-state index >= 15 is 0 Å². The van der Waals surface area contributed by atoms with E-state index in [1.807, 2.05) is 4.90 Å². The van der Waals surface area contributed by atoms with Gasteiger partial charge < -0.3 is 10.2 Å². The Bertz CT molecular complexity index is 540. The standard InChI is InChI=1S/C15H20FN3O2/c1-11-9-12(3-4-13(11)16)15(21)19-7-5-18(6-8-19)10-14(20)17-2/h3-4,9H,5-8,10H2,1-2H3,(H,17,20). The van der Waals surface area contributed by atoms with E-state index in [-0.39, 0.29) is 17.6 Å². The molecular weight excluding hydrogens is 273 g/mol. The van der Waals surface area contributed by atoms with Crippen LogP contribution in [0.2, 0.25) is 0 Å². The minimum atomic E-state index is -0.304. The van der Waals surface area contributed by atoms with E-state index in [4.69, 9.17) is 0 Å². The Morgan fingerprint density at radius 3 is 2.48 bits per heavy atom. The molecule has 2 amide bonds. The van der Waals surface area contributed by atoms with Crippen molar-refractivity contribution < 1.29 is 14.0 Å². The summed E-state index contributed by atoms with van der Waals surface area (Å²) in [6.45, 7) is 4.48. The second kappa shape index (κ2) is 6.67. The molecule has 2 rings (SSSR count). The Morgan fingerprint density at radius 1 is 1.24 bits per heavy atom. The van der Waals surface area contributed by atoms with Crippen LogP contribution >= 0.6 is 0 Å². The van der Waals surface area contributed by atoms with Crippen LogP contribution in [0.1, 0.15) is 15.9 Å². The number of aryl methyl sites for hydroxylation is 1. The molecule has 21 heavy (non-hydrogen) atoms. The lowest BCUT2D eigenvalue weighted by Gasteiger charge is -2.34. The summed E-state index contributed by atoms with van der Waals surface area (Å²) in [6.07, 6.45) is 0. The molecule has 6 heteroatoms. The van der Waals surface area contributed by atoms with Gasteiger partial charge in [0.05, 0.1) is 6.54 Å². The van der Waals surface area contributed by atoms with Crippen LogP contribution in [-0.2, 0) is 4.79 Å². The predicted octanol–water partition coefficient (Wildman–Crippen LogP) is 0.638. The van der Waals surface area contributed by atoms with Crippen molar-refractivity contribution in [3.05, 3.63) is 35.1 Å². The fraction of sp³-hybridized carbons (Fsp3) is 0.467. The minimum absolute atomic E-state index is 0.0241. The fourth-order valence-corrected chi connectivity index (χ4v) is 2.35. The molecule has 5 nitrogen and oxygen atoms in total. The van der Waals surface area contributed by atoms with E-state index in [0.717, 1.165) is 0 Å². The summed E-state index contributed by atoms with van der Waals surface area (Å²) < 4.78 is 13.2. The molecule has 0 spiro atoms. The van der Waals surface area contributed by atoms with Crippen LogP contribution in [0, 0.1) is 12.7 Å². The van der Waals surface area contributed by atoms with Crippen LogP contribution in [0.4, 0.5) is 4.39 Å². The van der Waals surface area contributed by atoms with Gasteiger partial charge in [0, 0.05) is 38.8 Å². The third-order valence-corrected chi connectivity index (χ3v) is 3.71. The van der Waals surface area contributed by atoms with Crippen molar-refractivity contribution >= 4 is 11.8 Å². The Labute approximate surface area is 123 Å². The van der Waals surface area contributed by atoms with Gasteiger partial charge in [-0.2, -0.15) is 0 Å². The van der Waals surface area contributed by atoms with Crippen LogP contribution < -0.4 is 5.32 Å². The predicted molar refractivity (Wildman–Crippen MR) is 77.5 cm³/mol. The summed E-state index contributed by atoms with van der Waals surface area (Å²) in [4.78, 5) is 27.4. The highest BCUT2D eigenvalue weighted by Crippen LogP contribution is 2.13. The fourth-order valence-electron chi connectivity index (χ4n) is 2.35. The molecule has 1 aliphatic heterocycles. The maximum atomic E-state index is 13.2. The van der Waals surface area contributed by atoms with Crippen molar-refractivity contribution in [2.24, 2.45) is 0 Å². The monoisotopic (exact) mass is 293 g/mol. The molecule has 1 saturated heterocycles. The molecule has 0 aromatic heterocycles. The minimum Gasteiger partial charge on any atom is -0.358 e. The third-order valence-electron chi connectivity index (χ3n) is 3.71. The maximum Gasteiger partial charge on any atom is 0.253 e. The molecular formula is C15H20FN3O2. The molecule has 0 saturated carbocycles. The van der Waals surface area contributed by atoms with Crippen molar-refractivity contribution in [2.75, 3.05) is 39.8 Å². The first kappa shape index (κ1) is 15.4. The van der Waals surface area contributed by atoms with Crippen LogP contribution in [0.3, 0.4) is 0 Å². The lowest BCUT2D eigenvalue weighted by molar-refractivity contribution is -0.122. The average molecular weight is 293 g/mol. The summed E-state index contributed by atoms with van der Waals surface area (Å²) in [7, 11) is 1.61. The number of halogens is 1. The molecule has 0 aliphatic carbocycles. The Hall–Kier alpha value is -1.95. The zero-order chi connectivity index (χ0) is 15.4. The van der Waals surface area contributed by atoms with Gasteiger partial charge in [-0.3, -0.25) is 14.5 Å². The number of hydrogen-bond donors (Lipinski definition) is 1. The van der Waals surface area contributed by atoms with E-state index < -0.39 is 0 Å². The number of nitrogens with one attached hydrogen (secondary N) is 1. The van der Waals surface area contributed by atoms with Crippen LogP contribution in [0.5, 0.6) is 0 Å². The van der Waals surface area contributed by atoms with Gasteiger partial charge in [-0.25, -0.2) is 4.39 Å². The summed E-state index contributed by atoms with van der Waals surface area (Å²) in [5.41, 5.74) is 0.979. The van der Waals surface area contributed by atoms with Crippen LogP contribution in [-0.4, -0.2) is 61.4 Å². The summed E-state index contributed by atoms with van der Waals surface area (Å²) in [5, 5.41) is 2.59. The summed E-state index contributed by atoms with van der Waals surface area (Å²) in [6, 6.07) is 4.42. The topological polar surface area (TPSA) is 52.7 Å². The highest BCUT2D eigenvalue weighted by molar-refractivity contribution is 5.94. The number of piperazine rings is 1. The van der Waals surface area contributed by atoms with E-state index in [1.165, 1.54) is 12.1 Å². The molecule has 114 valence electrons. The summed E-state index contributed by atoms with van der Waals surface area (Å²) >= 11 is 0. The highest BCUT2D eigenvalue weighted by Gasteiger charge is 2.23. The van der Waals surface area contributed by atoms with Crippen molar-refractivity contribution in [3.63, 3.8) is 0 Å². The molecule has 0 radical (unpaired) electrons. The first-order valence-corrected chi connectivity index (χ1v) is 6.99. The van der Waals surface area contributed by atoms with E-state index in [9.17, 15) is 14.0 Å². The zero-order valence-corrected chi connectivity index (χ0v) is 12.4. The van der Waals surface area contributed by atoms with Gasteiger partial charge >= 0.3 is 0 Å². The van der Waals surface area contributed by atoms with Crippen molar-refractivity contribution in [1.29, 1.82) is 0 Å². The Kier molecular flexibility index (Phi) is 4.90. The molecule has 0 atom stereocenters. The number of nitrogens with zero attached hydrogens (tertiary/aromatic N) is 2. The highest BCUT2D eigenvalue weighted by atomic mass is 19.1. The molecule has 0 unspecified atom stereocenters. The Balaban J connectivity index is 1.93. The van der Waals surface area contributed by atoms with E-state index in [2.05, 4.69) is 5.32 Å². The largest absolute Gasteiger partial charge is 0.358 e. The van der Waals surface area contributed by atoms with Gasteiger partial charge in [-0.15, -0.1) is 0 Å². The lowest BCUT2D eigenvalue weighted by Crippen LogP contribution is -2.50. The molecule has 1 aromatic carbocycles. The molecule has 1 fully saturated rings. The van der Waals surface area contributed by atoms with Gasteiger partial charge in [0.1, 0.15) is 5.82 Å². The average Bonchev–Trinajstić information content (AvgIpc) is 2.50. The number of amides is 2. The van der Waals surface area contributed by atoms with Gasteiger partial charge in [-0.1, -0.05) is 0 Å². The first-order valence-electron chi connectivity index (χ1n) is 6.99. The van der Waals surface area contributed by atoms with Gasteiger partial charge in [0.2, 0.25) is 5.91 Å². The number of rotatable bonds is 3. The van der Waals surface area contributed by atoms with Crippen molar-refractivity contribution in [3.8, 4) is 0 Å². The van der Waals surface area contributed by atoms with Crippen LogP contribution in [0.15, 0.2) is 18.2 Å². The zero-order valence-electron chi connectivity index (χ0n) is 12.4. The normalized spacial score (nSPS) is 15.9. The van der Waals surface area contributed by atoms with E-state index in [0.29, 0.717) is 43.9 Å². The number of likely N-dealkylation sites (N-methyl/N-ethyl adjacent to an activating group) is 1. The summed E-state index contributed by atoms with van der Waals surface area (Å²) in [5.74, 6) is -0.413. The van der Waals surface area contributed by atoms with Crippen molar-refractivity contribution in [1.82, 2.24) is 15.1 Å². The second-order valence-corrected chi connectivity index (χ2v) is 5.21. The molecule has 1 heterocycles. The Morgan fingerprint density at radius 2 is 1.90 bits per heavy atom. The SMILES string of the molecule is CNC(=O)CN1CCN(C(=O)c2ccc(F)c(C)c2)CC1. The van der Waals surface area contributed by atoms with Crippen LogP contribution in [0.25, 0.3) is 0 Å². The van der Waals surface area contributed by atoms with E-state index in [1.54, 1.807) is 24.9 Å². The lowest BCUT2D eigenvalue weighted by atomic mass is 10.1.